The summed E-state index contributed by atoms with van der Waals surface area (Å²) in [5, 5.41) is 15.2. The highest BCUT2D eigenvalue weighted by Gasteiger charge is 2.48. The lowest BCUT2D eigenvalue weighted by Crippen LogP contribution is -2.42. The Bertz CT molecular complexity index is 830. The highest BCUT2D eigenvalue weighted by Crippen LogP contribution is 2.48. The zero-order valence-electron chi connectivity index (χ0n) is 12.3. The van der Waals surface area contributed by atoms with Crippen LogP contribution in [0.5, 0.6) is 0 Å². The summed E-state index contributed by atoms with van der Waals surface area (Å²) >= 11 is 0. The van der Waals surface area contributed by atoms with Gasteiger partial charge in [0, 0.05) is 29.2 Å². The molecule has 1 amide bonds. The molecule has 4 atom stereocenters. The Hall–Kier alpha value is -2.69. The molecule has 1 fully saturated rings. The van der Waals surface area contributed by atoms with E-state index >= 15 is 0 Å². The Morgan fingerprint density at radius 1 is 1.13 bits per heavy atom. The highest BCUT2D eigenvalue weighted by molar-refractivity contribution is 5.97. The predicted octanol–water partition coefficient (Wildman–Crippen LogP) is 1.36. The molecular formula is C18H15N2O3-. The van der Waals surface area contributed by atoms with E-state index in [1.165, 1.54) is 0 Å². The van der Waals surface area contributed by atoms with E-state index in [9.17, 15) is 14.7 Å². The topological polar surface area (TPSA) is 82.1 Å². The third-order valence-corrected chi connectivity index (χ3v) is 4.90. The summed E-state index contributed by atoms with van der Waals surface area (Å²) in [4.78, 5) is 28.2. The molecule has 5 heteroatoms. The molecule has 1 N–H and O–H groups in total. The molecule has 116 valence electrons. The molecule has 0 spiro atoms. The lowest BCUT2D eigenvalue weighted by atomic mass is 9.82. The van der Waals surface area contributed by atoms with Crippen LogP contribution in [0, 0.1) is 23.7 Å². The number of aromatic nitrogens is 1. The molecule has 23 heavy (non-hydrogen) atoms. The third kappa shape index (κ3) is 2.29. The molecule has 0 radical (unpaired) electrons. The van der Waals surface area contributed by atoms with Crippen LogP contribution in [0.25, 0.3) is 10.9 Å². The molecule has 5 nitrogen and oxygen atoms in total. The molecule has 0 saturated heterocycles. The number of carboxylic acid groups (broad SMARTS) is 1. The second-order valence-corrected chi connectivity index (χ2v) is 6.22. The number of nitrogens with one attached hydrogen (secondary N) is 1. The van der Waals surface area contributed by atoms with Gasteiger partial charge < -0.3 is 15.2 Å². The first-order valence-electron chi connectivity index (χ1n) is 7.68. The zero-order valence-corrected chi connectivity index (χ0v) is 12.3. The molecule has 2 bridgehead atoms. The van der Waals surface area contributed by atoms with Crippen molar-refractivity contribution in [3.05, 3.63) is 48.7 Å². The van der Waals surface area contributed by atoms with Gasteiger partial charge in [-0.1, -0.05) is 18.2 Å². The molecule has 0 unspecified atom stereocenters. The molecule has 2 aliphatic carbocycles. The first-order chi connectivity index (χ1) is 11.1. The summed E-state index contributed by atoms with van der Waals surface area (Å²) in [7, 11) is 0. The Morgan fingerprint density at radius 3 is 2.70 bits per heavy atom. The van der Waals surface area contributed by atoms with E-state index < -0.39 is 17.8 Å². The largest absolute Gasteiger partial charge is 0.550 e. The molecule has 0 aliphatic heterocycles. The lowest BCUT2D eigenvalue weighted by molar-refractivity contribution is -0.313. The number of allylic oxidation sites excluding steroid dienone is 2. The van der Waals surface area contributed by atoms with Crippen molar-refractivity contribution in [1.29, 1.82) is 0 Å². The molecule has 2 aliphatic rings. The Morgan fingerprint density at radius 2 is 1.91 bits per heavy atom. The maximum absolute atomic E-state index is 12.6. The van der Waals surface area contributed by atoms with E-state index in [0.29, 0.717) is 5.69 Å². The van der Waals surface area contributed by atoms with Crippen molar-refractivity contribution in [1.82, 2.24) is 4.98 Å². The fraction of sp³-hybridized carbons (Fsp3) is 0.278. The fourth-order valence-corrected chi connectivity index (χ4v) is 3.88. The normalized spacial score (nSPS) is 28.2. The van der Waals surface area contributed by atoms with Crippen molar-refractivity contribution in [3.8, 4) is 0 Å². The summed E-state index contributed by atoms with van der Waals surface area (Å²) in [6.07, 6.45) is 6.29. The summed E-state index contributed by atoms with van der Waals surface area (Å²) in [5.41, 5.74) is 1.50. The van der Waals surface area contributed by atoms with Crippen molar-refractivity contribution < 1.29 is 14.7 Å². The average Bonchev–Trinajstić information content (AvgIpc) is 3.15. The van der Waals surface area contributed by atoms with Gasteiger partial charge in [0.1, 0.15) is 0 Å². The van der Waals surface area contributed by atoms with Crippen LogP contribution in [-0.2, 0) is 9.59 Å². The minimum Gasteiger partial charge on any atom is -0.550 e. The fourth-order valence-electron chi connectivity index (χ4n) is 3.88. The Kier molecular flexibility index (Phi) is 3.15. The molecule has 4 rings (SSSR count). The van der Waals surface area contributed by atoms with Crippen LogP contribution in [-0.4, -0.2) is 16.9 Å². The second-order valence-electron chi connectivity index (χ2n) is 6.22. The van der Waals surface area contributed by atoms with Gasteiger partial charge in [0.05, 0.1) is 11.4 Å². The second kappa shape index (κ2) is 5.19. The first-order valence-corrected chi connectivity index (χ1v) is 7.68. The van der Waals surface area contributed by atoms with Crippen molar-refractivity contribution in [2.45, 2.75) is 6.42 Å². The van der Waals surface area contributed by atoms with Crippen LogP contribution < -0.4 is 10.4 Å². The lowest BCUT2D eigenvalue weighted by Gasteiger charge is -2.27. The van der Waals surface area contributed by atoms with Crippen molar-refractivity contribution in [2.75, 3.05) is 5.32 Å². The maximum atomic E-state index is 12.6. The average molecular weight is 307 g/mol. The monoisotopic (exact) mass is 307 g/mol. The van der Waals surface area contributed by atoms with Gasteiger partial charge in [0.25, 0.3) is 0 Å². The highest BCUT2D eigenvalue weighted by atomic mass is 16.4. The van der Waals surface area contributed by atoms with E-state index in [1.54, 1.807) is 12.3 Å². The molecule has 2 aromatic rings. The summed E-state index contributed by atoms with van der Waals surface area (Å²) in [6, 6.07) is 9.21. The van der Waals surface area contributed by atoms with Gasteiger partial charge in [-0.2, -0.15) is 0 Å². The van der Waals surface area contributed by atoms with Crippen LogP contribution >= 0.6 is 0 Å². The van der Waals surface area contributed by atoms with Gasteiger partial charge in [0.2, 0.25) is 5.91 Å². The third-order valence-electron chi connectivity index (χ3n) is 4.90. The number of nitrogens with zero attached hydrogens (tertiary/aromatic N) is 1. The SMILES string of the molecule is O=C([O-])[C@@H]1[C@@H](C(=O)Nc2ccc3ncccc3c2)[C@H]2C=C[C@H]1C2. The van der Waals surface area contributed by atoms with Crippen molar-refractivity contribution in [3.63, 3.8) is 0 Å². The quantitative estimate of drug-likeness (QED) is 0.868. The van der Waals surface area contributed by atoms with Crippen LogP contribution in [0.15, 0.2) is 48.7 Å². The predicted molar refractivity (Wildman–Crippen MR) is 83.1 cm³/mol. The number of amides is 1. The number of anilines is 1. The minimum atomic E-state index is -1.13. The van der Waals surface area contributed by atoms with Gasteiger partial charge in [0.15, 0.2) is 0 Å². The van der Waals surface area contributed by atoms with Gasteiger partial charge in [-0.15, -0.1) is 0 Å². The Labute approximate surface area is 133 Å². The number of carbonyl (C=O) groups is 2. The minimum absolute atomic E-state index is 0.00924. The van der Waals surface area contributed by atoms with Crippen LogP contribution in [0.1, 0.15) is 6.42 Å². The summed E-state index contributed by atoms with van der Waals surface area (Å²) < 4.78 is 0. The number of carbonyl (C=O) groups excluding carboxylic acids is 2. The van der Waals surface area contributed by atoms with Crippen LogP contribution in [0.3, 0.4) is 0 Å². The summed E-state index contributed by atoms with van der Waals surface area (Å²) in [5.74, 6) is -2.76. The van der Waals surface area contributed by atoms with E-state index in [1.807, 2.05) is 36.4 Å². The Balaban J connectivity index is 1.59. The molecule has 1 aromatic carbocycles. The van der Waals surface area contributed by atoms with Gasteiger partial charge >= 0.3 is 0 Å². The molecular weight excluding hydrogens is 292 g/mol. The van der Waals surface area contributed by atoms with Crippen LogP contribution in [0.4, 0.5) is 5.69 Å². The molecule has 1 saturated carbocycles. The van der Waals surface area contributed by atoms with Gasteiger partial charge in [-0.3, -0.25) is 9.78 Å². The number of hydrogen-bond acceptors (Lipinski definition) is 4. The number of fused-ring (bicyclic) bond motifs is 3. The van der Waals surface area contributed by atoms with Gasteiger partial charge in [-0.05, 0) is 42.5 Å². The van der Waals surface area contributed by atoms with E-state index in [2.05, 4.69) is 10.3 Å². The zero-order chi connectivity index (χ0) is 16.0. The molecule has 1 heterocycles. The molecule has 1 aromatic heterocycles. The van der Waals surface area contributed by atoms with Crippen molar-refractivity contribution >= 4 is 28.5 Å². The van der Waals surface area contributed by atoms with E-state index in [4.69, 9.17) is 0 Å². The number of benzene rings is 1. The van der Waals surface area contributed by atoms with Gasteiger partial charge in [-0.25, -0.2) is 0 Å². The number of carboxylic acids is 1. The van der Waals surface area contributed by atoms with Crippen LogP contribution in [0.2, 0.25) is 0 Å². The first kappa shape index (κ1) is 13.9. The van der Waals surface area contributed by atoms with Crippen molar-refractivity contribution in [2.24, 2.45) is 23.7 Å². The van der Waals surface area contributed by atoms with E-state index in [-0.39, 0.29) is 17.7 Å². The smallest absolute Gasteiger partial charge is 0.228 e. The standard InChI is InChI=1S/C18H16N2O3/c21-17(15-11-3-4-12(8-11)16(15)18(22)23)20-13-5-6-14-10(9-13)2-1-7-19-14/h1-7,9,11-12,15-16H,8H2,(H,20,21)(H,22,23)/p-1/t11-,12-,15-,16-/m0/s1. The number of rotatable bonds is 3. The van der Waals surface area contributed by atoms with E-state index in [0.717, 1.165) is 17.3 Å². The summed E-state index contributed by atoms with van der Waals surface area (Å²) in [6.45, 7) is 0. The maximum Gasteiger partial charge on any atom is 0.228 e. The number of pyridine rings is 1. The number of aliphatic carboxylic acids is 1. The number of hydrogen-bond donors (Lipinski definition) is 1.